The number of aryl methyl sites for hydroxylation is 1. The Kier molecular flexibility index (Phi) is 6.36. The van der Waals surface area contributed by atoms with E-state index in [0.29, 0.717) is 0 Å². The molecule has 1 unspecified atom stereocenters. The van der Waals surface area contributed by atoms with Crippen molar-refractivity contribution in [2.24, 2.45) is 0 Å². The zero-order valence-corrected chi connectivity index (χ0v) is 17.6. The summed E-state index contributed by atoms with van der Waals surface area (Å²) in [4.78, 5) is 3.25. The van der Waals surface area contributed by atoms with Crippen LogP contribution in [0.25, 0.3) is 0 Å². The van der Waals surface area contributed by atoms with Crippen LogP contribution in [-0.2, 0) is 4.43 Å². The summed E-state index contributed by atoms with van der Waals surface area (Å²) in [5.41, 5.74) is 1.30. The van der Waals surface area contributed by atoms with Crippen molar-refractivity contribution in [3.05, 3.63) is 29.8 Å². The van der Waals surface area contributed by atoms with Gasteiger partial charge >= 0.3 is 0 Å². The van der Waals surface area contributed by atoms with Crippen molar-refractivity contribution in [3.8, 4) is 0 Å². The molecule has 0 spiro atoms. The van der Waals surface area contributed by atoms with Gasteiger partial charge < -0.3 is 9.33 Å². The third kappa shape index (κ3) is 5.73. The zero-order chi connectivity index (χ0) is 17.2. The van der Waals surface area contributed by atoms with Crippen LogP contribution in [0.3, 0.4) is 0 Å². The third-order valence-corrected chi connectivity index (χ3v) is 10.1. The fraction of sp³-hybridized carbons (Fsp3) is 0.667. The maximum Gasteiger partial charge on any atom is 0.194 e. The second kappa shape index (κ2) is 7.08. The molecule has 0 heterocycles. The van der Waals surface area contributed by atoms with Crippen LogP contribution in [0.2, 0.25) is 18.1 Å². The first kappa shape index (κ1) is 19.8. The van der Waals surface area contributed by atoms with Gasteiger partial charge in [0.2, 0.25) is 0 Å². The summed E-state index contributed by atoms with van der Waals surface area (Å²) in [6.07, 6.45) is 0. The van der Waals surface area contributed by atoms with E-state index < -0.39 is 8.32 Å². The number of likely N-dealkylation sites (N-methyl/N-ethyl adjacent to an activating group) is 1. The van der Waals surface area contributed by atoms with Gasteiger partial charge in [0.25, 0.3) is 0 Å². The first-order valence-corrected chi connectivity index (χ1v) is 11.7. The van der Waals surface area contributed by atoms with E-state index >= 15 is 0 Å². The fourth-order valence-corrected chi connectivity index (χ4v) is 5.54. The predicted octanol–water partition coefficient (Wildman–Crippen LogP) is 5.39. The summed E-state index contributed by atoms with van der Waals surface area (Å²) in [6, 6.07) is 8.74. The highest BCUT2D eigenvalue weighted by molar-refractivity contribution is 8.00. The molecule has 0 radical (unpaired) electrons. The monoisotopic (exact) mass is 339 g/mol. The summed E-state index contributed by atoms with van der Waals surface area (Å²) in [5.74, 6) is 0. The SMILES string of the molecule is Cc1ccc(SC(C)(CN(C)C)O[Si](C)(C)C(C)(C)C)cc1. The Labute approximate surface area is 142 Å². The molecule has 0 bridgehead atoms. The Balaban J connectivity index is 3.01. The molecule has 126 valence electrons. The van der Waals surface area contributed by atoms with E-state index in [-0.39, 0.29) is 9.97 Å². The van der Waals surface area contributed by atoms with Gasteiger partial charge in [0.1, 0.15) is 4.93 Å². The second-order valence-electron chi connectivity index (χ2n) is 8.15. The molecule has 0 amide bonds. The van der Waals surface area contributed by atoms with Crippen molar-refractivity contribution in [1.29, 1.82) is 0 Å². The lowest BCUT2D eigenvalue weighted by Gasteiger charge is -2.44. The van der Waals surface area contributed by atoms with Crippen molar-refractivity contribution >= 4 is 20.1 Å². The van der Waals surface area contributed by atoms with Crippen molar-refractivity contribution in [1.82, 2.24) is 4.90 Å². The van der Waals surface area contributed by atoms with Gasteiger partial charge in [-0.3, -0.25) is 0 Å². The standard InChI is InChI=1S/C18H33NOSSi/c1-15-10-12-16(13-11-15)21-18(5,14-19(6)7)20-22(8,9)17(2,3)4/h10-13H,14H2,1-9H3. The summed E-state index contributed by atoms with van der Waals surface area (Å²) < 4.78 is 6.80. The number of thioether (sulfide) groups is 1. The molecule has 0 aliphatic rings. The number of hydrogen-bond acceptors (Lipinski definition) is 3. The lowest BCUT2D eigenvalue weighted by molar-refractivity contribution is 0.129. The first-order valence-electron chi connectivity index (χ1n) is 7.95. The van der Waals surface area contributed by atoms with Gasteiger partial charge in [-0.25, -0.2) is 0 Å². The molecule has 4 heteroatoms. The third-order valence-electron chi connectivity index (χ3n) is 4.24. The van der Waals surface area contributed by atoms with E-state index in [0.717, 1.165) is 6.54 Å². The number of rotatable bonds is 6. The highest BCUT2D eigenvalue weighted by Crippen LogP contribution is 2.44. The number of benzene rings is 1. The smallest absolute Gasteiger partial charge is 0.194 e. The van der Waals surface area contributed by atoms with Gasteiger partial charge in [-0.1, -0.05) is 50.2 Å². The first-order chi connectivity index (χ1) is 9.85. The van der Waals surface area contributed by atoms with Gasteiger partial charge in [-0.15, -0.1) is 0 Å². The average Bonchev–Trinajstić information content (AvgIpc) is 2.28. The van der Waals surface area contributed by atoms with Crippen LogP contribution in [0, 0.1) is 6.92 Å². The molecule has 1 aromatic rings. The van der Waals surface area contributed by atoms with Gasteiger partial charge in [0.15, 0.2) is 8.32 Å². The van der Waals surface area contributed by atoms with E-state index in [1.165, 1.54) is 10.5 Å². The topological polar surface area (TPSA) is 12.5 Å². The van der Waals surface area contributed by atoms with Crippen LogP contribution in [0.5, 0.6) is 0 Å². The minimum Gasteiger partial charge on any atom is -0.401 e. The van der Waals surface area contributed by atoms with Crippen LogP contribution in [0.15, 0.2) is 29.2 Å². The van der Waals surface area contributed by atoms with Crippen LogP contribution >= 0.6 is 11.8 Å². The molecular formula is C18H33NOSSi. The number of nitrogens with zero attached hydrogens (tertiary/aromatic N) is 1. The van der Waals surface area contributed by atoms with Crippen molar-refractivity contribution in [3.63, 3.8) is 0 Å². The maximum atomic E-state index is 6.80. The molecule has 1 rings (SSSR count). The molecule has 1 aromatic carbocycles. The molecule has 0 aliphatic heterocycles. The summed E-state index contributed by atoms with van der Waals surface area (Å²) >= 11 is 1.84. The van der Waals surface area contributed by atoms with Gasteiger partial charge in [0, 0.05) is 11.4 Å². The molecule has 0 N–H and O–H groups in total. The Bertz CT molecular complexity index is 479. The zero-order valence-electron chi connectivity index (χ0n) is 15.8. The van der Waals surface area contributed by atoms with Crippen molar-refractivity contribution in [2.45, 2.75) is 62.6 Å². The molecule has 22 heavy (non-hydrogen) atoms. The quantitative estimate of drug-likeness (QED) is 0.392. The Morgan fingerprint density at radius 1 is 1.05 bits per heavy atom. The molecular weight excluding hydrogens is 306 g/mol. The lowest BCUT2D eigenvalue weighted by atomic mass is 10.2. The summed E-state index contributed by atoms with van der Waals surface area (Å²) in [7, 11) is 2.41. The molecule has 1 atom stereocenters. The minimum atomic E-state index is -1.82. The minimum absolute atomic E-state index is 0.217. The van der Waals surface area contributed by atoms with Crippen LogP contribution in [0.1, 0.15) is 33.3 Å². The molecule has 0 saturated heterocycles. The van der Waals surface area contributed by atoms with E-state index in [4.69, 9.17) is 4.43 Å². The highest BCUT2D eigenvalue weighted by atomic mass is 32.2. The van der Waals surface area contributed by atoms with E-state index in [9.17, 15) is 0 Å². The highest BCUT2D eigenvalue weighted by Gasteiger charge is 2.43. The molecule has 0 aromatic heterocycles. The van der Waals surface area contributed by atoms with E-state index in [1.807, 2.05) is 11.8 Å². The maximum absolute atomic E-state index is 6.80. The lowest BCUT2D eigenvalue weighted by Crippen LogP contribution is -2.50. The molecule has 0 fully saturated rings. The Hall–Kier alpha value is -0.293. The summed E-state index contributed by atoms with van der Waals surface area (Å²) in [5, 5.41) is 0.217. The van der Waals surface area contributed by atoms with Crippen LogP contribution < -0.4 is 0 Å². The van der Waals surface area contributed by atoms with Crippen LogP contribution in [-0.4, -0.2) is 38.8 Å². The predicted molar refractivity (Wildman–Crippen MR) is 102 cm³/mol. The van der Waals surface area contributed by atoms with Gasteiger partial charge in [0.05, 0.1) is 0 Å². The van der Waals surface area contributed by atoms with E-state index in [2.05, 4.69) is 91.0 Å². The Morgan fingerprint density at radius 2 is 1.55 bits per heavy atom. The van der Waals surface area contributed by atoms with E-state index in [1.54, 1.807) is 0 Å². The molecule has 0 saturated carbocycles. The number of hydrogen-bond donors (Lipinski definition) is 0. The van der Waals surface area contributed by atoms with Crippen molar-refractivity contribution < 1.29 is 4.43 Å². The van der Waals surface area contributed by atoms with Crippen molar-refractivity contribution in [2.75, 3.05) is 20.6 Å². The second-order valence-corrected chi connectivity index (χ2v) is 14.4. The fourth-order valence-electron chi connectivity index (χ4n) is 2.21. The molecule has 2 nitrogen and oxygen atoms in total. The summed E-state index contributed by atoms with van der Waals surface area (Å²) in [6.45, 7) is 16.8. The largest absolute Gasteiger partial charge is 0.401 e. The van der Waals surface area contributed by atoms with Gasteiger partial charge in [-0.05, 0) is 58.2 Å². The van der Waals surface area contributed by atoms with Gasteiger partial charge in [-0.2, -0.15) is 0 Å². The van der Waals surface area contributed by atoms with Crippen LogP contribution in [0.4, 0.5) is 0 Å². The average molecular weight is 340 g/mol. The normalized spacial score (nSPS) is 15.9. The Morgan fingerprint density at radius 3 is 1.95 bits per heavy atom. The molecule has 0 aliphatic carbocycles.